The van der Waals surface area contributed by atoms with Crippen molar-refractivity contribution < 1.29 is 35.6 Å². The summed E-state index contributed by atoms with van der Waals surface area (Å²) in [6.07, 6.45) is -3.33. The van der Waals surface area contributed by atoms with Crippen LogP contribution in [0, 0.1) is 5.82 Å². The fourth-order valence-corrected chi connectivity index (χ4v) is 4.13. The van der Waals surface area contributed by atoms with Crippen LogP contribution in [-0.4, -0.2) is 50.0 Å². The van der Waals surface area contributed by atoms with Crippen LogP contribution < -0.4 is 9.62 Å². The van der Waals surface area contributed by atoms with E-state index in [1.165, 1.54) is 31.2 Å². The molecule has 0 spiro atoms. The van der Waals surface area contributed by atoms with E-state index in [0.29, 0.717) is 22.4 Å². The molecule has 198 valence electrons. The number of alkyl halides is 3. The largest absolute Gasteiger partial charge is 0.416 e. The first-order valence-electron chi connectivity index (χ1n) is 11.1. The standard InChI is InChI=1S/C24H29F4N3O4S/c1-5-16(2)29-23(33)17(3)30(14-18-9-11-20(25)12-10-18)22(32)15-31(36(4,34)35)21-8-6-7-19(13-21)24(26,27)28/h6-13,16-17H,5,14-15H2,1-4H3,(H,29,33)/t16-,17+/m0/s1. The van der Waals surface area contributed by atoms with Gasteiger partial charge in [-0.05, 0) is 56.2 Å². The topological polar surface area (TPSA) is 86.8 Å². The molecule has 2 rings (SSSR count). The van der Waals surface area contributed by atoms with Gasteiger partial charge in [0.05, 0.1) is 17.5 Å². The predicted molar refractivity (Wildman–Crippen MR) is 128 cm³/mol. The highest BCUT2D eigenvalue weighted by Gasteiger charge is 2.33. The van der Waals surface area contributed by atoms with Crippen LogP contribution in [0.2, 0.25) is 0 Å². The van der Waals surface area contributed by atoms with E-state index in [2.05, 4.69) is 5.32 Å². The van der Waals surface area contributed by atoms with Crippen molar-refractivity contribution in [2.24, 2.45) is 0 Å². The second-order valence-corrected chi connectivity index (χ2v) is 10.4. The average molecular weight is 532 g/mol. The number of anilines is 1. The summed E-state index contributed by atoms with van der Waals surface area (Å²) >= 11 is 0. The van der Waals surface area contributed by atoms with Gasteiger partial charge in [-0.15, -0.1) is 0 Å². The summed E-state index contributed by atoms with van der Waals surface area (Å²) in [7, 11) is -4.19. The molecule has 0 aromatic heterocycles. The highest BCUT2D eigenvalue weighted by atomic mass is 32.2. The van der Waals surface area contributed by atoms with Gasteiger partial charge >= 0.3 is 6.18 Å². The monoisotopic (exact) mass is 531 g/mol. The molecule has 0 radical (unpaired) electrons. The number of amides is 2. The van der Waals surface area contributed by atoms with Gasteiger partial charge in [0.25, 0.3) is 0 Å². The average Bonchev–Trinajstić information content (AvgIpc) is 2.80. The third-order valence-corrected chi connectivity index (χ3v) is 6.72. The number of benzene rings is 2. The number of sulfonamides is 1. The summed E-state index contributed by atoms with van der Waals surface area (Å²) in [6.45, 7) is 4.08. The van der Waals surface area contributed by atoms with Gasteiger partial charge < -0.3 is 10.2 Å². The van der Waals surface area contributed by atoms with Crippen LogP contribution in [0.4, 0.5) is 23.2 Å². The number of carbonyl (C=O) groups is 2. The summed E-state index contributed by atoms with van der Waals surface area (Å²) in [5.74, 6) is -1.83. The van der Waals surface area contributed by atoms with Gasteiger partial charge in [0.2, 0.25) is 21.8 Å². The van der Waals surface area contributed by atoms with Gasteiger partial charge in [-0.25, -0.2) is 12.8 Å². The number of rotatable bonds is 10. The Morgan fingerprint density at radius 3 is 2.19 bits per heavy atom. The molecule has 2 amide bonds. The Balaban J connectivity index is 2.43. The Morgan fingerprint density at radius 2 is 1.67 bits per heavy atom. The second-order valence-electron chi connectivity index (χ2n) is 8.46. The van der Waals surface area contributed by atoms with E-state index >= 15 is 0 Å². The SMILES string of the molecule is CC[C@H](C)NC(=O)[C@@H](C)N(Cc1ccc(F)cc1)C(=O)CN(c1cccc(C(F)(F)F)c1)S(C)(=O)=O. The molecule has 1 N–H and O–H groups in total. The Hall–Kier alpha value is -3.15. The normalized spacial score (nSPS) is 13.6. The lowest BCUT2D eigenvalue weighted by Crippen LogP contribution is -2.52. The highest BCUT2D eigenvalue weighted by molar-refractivity contribution is 7.92. The molecule has 0 bridgehead atoms. The fourth-order valence-electron chi connectivity index (χ4n) is 3.29. The molecule has 0 aliphatic carbocycles. The second kappa shape index (κ2) is 11.7. The van der Waals surface area contributed by atoms with Crippen molar-refractivity contribution in [2.75, 3.05) is 17.1 Å². The zero-order valence-electron chi connectivity index (χ0n) is 20.3. The van der Waals surface area contributed by atoms with Crippen molar-refractivity contribution in [3.8, 4) is 0 Å². The van der Waals surface area contributed by atoms with Crippen LogP contribution in [-0.2, 0) is 32.3 Å². The summed E-state index contributed by atoms with van der Waals surface area (Å²) in [6, 6.07) is 7.53. The minimum absolute atomic E-state index is 0.158. The van der Waals surface area contributed by atoms with Gasteiger partial charge in [0.15, 0.2) is 0 Å². The molecule has 0 fully saturated rings. The molecule has 36 heavy (non-hydrogen) atoms. The first-order chi connectivity index (χ1) is 16.6. The third kappa shape index (κ3) is 7.94. The molecule has 7 nitrogen and oxygen atoms in total. The van der Waals surface area contributed by atoms with Crippen molar-refractivity contribution in [2.45, 2.75) is 52.0 Å². The van der Waals surface area contributed by atoms with Crippen LogP contribution in [0.15, 0.2) is 48.5 Å². The summed E-state index contributed by atoms with van der Waals surface area (Å²) in [4.78, 5) is 27.3. The molecule has 2 aromatic carbocycles. The van der Waals surface area contributed by atoms with E-state index in [1.807, 2.05) is 6.92 Å². The molecule has 2 atom stereocenters. The van der Waals surface area contributed by atoms with Crippen LogP contribution in [0.3, 0.4) is 0 Å². The lowest BCUT2D eigenvalue weighted by atomic mass is 10.1. The summed E-state index contributed by atoms with van der Waals surface area (Å²) in [5, 5.41) is 2.75. The summed E-state index contributed by atoms with van der Waals surface area (Å²) < 4.78 is 78.5. The van der Waals surface area contributed by atoms with E-state index < -0.39 is 52.0 Å². The molecule has 0 unspecified atom stereocenters. The van der Waals surface area contributed by atoms with Crippen molar-refractivity contribution in [1.29, 1.82) is 0 Å². The maximum Gasteiger partial charge on any atom is 0.416 e. The van der Waals surface area contributed by atoms with Crippen LogP contribution >= 0.6 is 0 Å². The lowest BCUT2D eigenvalue weighted by molar-refractivity contribution is -0.139. The predicted octanol–water partition coefficient (Wildman–Crippen LogP) is 3.94. The van der Waals surface area contributed by atoms with Gasteiger partial charge in [-0.2, -0.15) is 13.2 Å². The molecule has 0 heterocycles. The Bertz CT molecular complexity index is 1170. The minimum Gasteiger partial charge on any atom is -0.352 e. The van der Waals surface area contributed by atoms with Crippen LogP contribution in [0.1, 0.15) is 38.3 Å². The lowest BCUT2D eigenvalue weighted by Gasteiger charge is -2.32. The molecule has 0 aliphatic heterocycles. The van der Waals surface area contributed by atoms with E-state index in [0.717, 1.165) is 29.4 Å². The van der Waals surface area contributed by atoms with Crippen molar-refractivity contribution >= 4 is 27.5 Å². The third-order valence-electron chi connectivity index (χ3n) is 5.58. The molecule has 12 heteroatoms. The van der Waals surface area contributed by atoms with Gasteiger partial charge in [0.1, 0.15) is 18.4 Å². The quantitative estimate of drug-likeness (QED) is 0.471. The highest BCUT2D eigenvalue weighted by Crippen LogP contribution is 2.32. The zero-order chi connectivity index (χ0) is 27.3. The number of hydrogen-bond acceptors (Lipinski definition) is 4. The van der Waals surface area contributed by atoms with Crippen LogP contribution in [0.25, 0.3) is 0 Å². The number of nitrogens with one attached hydrogen (secondary N) is 1. The Labute approximate surface area is 208 Å². The van der Waals surface area contributed by atoms with E-state index in [1.54, 1.807) is 6.92 Å². The molecule has 0 saturated heterocycles. The van der Waals surface area contributed by atoms with E-state index in [4.69, 9.17) is 0 Å². The Morgan fingerprint density at radius 1 is 1.06 bits per heavy atom. The molecule has 0 saturated carbocycles. The summed E-state index contributed by atoms with van der Waals surface area (Å²) in [5.41, 5.74) is -0.956. The zero-order valence-corrected chi connectivity index (χ0v) is 21.2. The fraction of sp³-hybridized carbons (Fsp3) is 0.417. The van der Waals surface area contributed by atoms with Gasteiger partial charge in [-0.1, -0.05) is 25.1 Å². The Kier molecular flexibility index (Phi) is 9.47. The minimum atomic E-state index is -4.72. The van der Waals surface area contributed by atoms with Gasteiger partial charge in [-0.3, -0.25) is 13.9 Å². The van der Waals surface area contributed by atoms with E-state index in [-0.39, 0.29) is 18.3 Å². The number of nitrogens with zero attached hydrogens (tertiary/aromatic N) is 2. The maximum atomic E-state index is 13.4. The smallest absolute Gasteiger partial charge is 0.352 e. The van der Waals surface area contributed by atoms with Crippen molar-refractivity contribution in [3.63, 3.8) is 0 Å². The van der Waals surface area contributed by atoms with Crippen LogP contribution in [0.5, 0.6) is 0 Å². The number of carbonyl (C=O) groups excluding carboxylic acids is 2. The number of hydrogen-bond donors (Lipinski definition) is 1. The first kappa shape index (κ1) is 29.1. The molecule has 0 aliphatic rings. The first-order valence-corrected chi connectivity index (χ1v) is 13.0. The molecular formula is C24H29F4N3O4S. The maximum absolute atomic E-state index is 13.4. The van der Waals surface area contributed by atoms with E-state index in [9.17, 15) is 35.6 Å². The van der Waals surface area contributed by atoms with Gasteiger partial charge in [0, 0.05) is 12.6 Å². The number of halogens is 4. The van der Waals surface area contributed by atoms with Crippen molar-refractivity contribution in [3.05, 3.63) is 65.5 Å². The molecule has 2 aromatic rings. The van der Waals surface area contributed by atoms with Crippen molar-refractivity contribution in [1.82, 2.24) is 10.2 Å². The molecular weight excluding hydrogens is 502 g/mol.